The Hall–Kier alpha value is -3.62. The molecule has 9 heteroatoms. The number of benzene rings is 2. The summed E-state index contributed by atoms with van der Waals surface area (Å²) < 4.78 is 42.9. The van der Waals surface area contributed by atoms with E-state index >= 15 is 0 Å². The second-order valence-electron chi connectivity index (χ2n) is 6.86. The zero-order valence-corrected chi connectivity index (χ0v) is 16.0. The van der Waals surface area contributed by atoms with Gasteiger partial charge in [0.15, 0.2) is 0 Å². The normalized spacial score (nSPS) is 12.8. The molecule has 6 nitrogen and oxygen atoms in total. The summed E-state index contributed by atoms with van der Waals surface area (Å²) in [4.78, 5) is 20.2. The molecule has 0 saturated heterocycles. The van der Waals surface area contributed by atoms with Crippen molar-refractivity contribution in [3.8, 4) is 5.69 Å². The average Bonchev–Trinajstić information content (AvgIpc) is 3.36. The third-order valence-corrected chi connectivity index (χ3v) is 4.78. The first-order chi connectivity index (χ1) is 14.3. The summed E-state index contributed by atoms with van der Waals surface area (Å²) in [6.45, 7) is 1.30. The molecule has 30 heavy (non-hydrogen) atoms. The van der Waals surface area contributed by atoms with Crippen LogP contribution >= 0.6 is 0 Å². The number of hydrogen-bond donors (Lipinski definition) is 1. The predicted octanol–water partition coefficient (Wildman–Crippen LogP) is 4.12. The Morgan fingerprint density at radius 3 is 2.53 bits per heavy atom. The van der Waals surface area contributed by atoms with E-state index < -0.39 is 24.5 Å². The molecule has 1 atom stereocenters. The van der Waals surface area contributed by atoms with Gasteiger partial charge in [0.05, 0.1) is 23.4 Å². The van der Waals surface area contributed by atoms with Crippen LogP contribution in [0.15, 0.2) is 67.3 Å². The van der Waals surface area contributed by atoms with Crippen molar-refractivity contribution in [1.29, 1.82) is 0 Å². The van der Waals surface area contributed by atoms with E-state index in [1.54, 1.807) is 31.6 Å². The largest absolute Gasteiger partial charge is 0.449 e. The Labute approximate surface area is 170 Å². The lowest BCUT2D eigenvalue weighted by Gasteiger charge is -2.17. The zero-order chi connectivity index (χ0) is 21.3. The number of alkyl halides is 3. The lowest BCUT2D eigenvalue weighted by molar-refractivity contribution is -0.147. The number of hydrogen-bond acceptors (Lipinski definition) is 3. The number of imidazole rings is 2. The standard InChI is InChI=1S/C21H18F3N5O/c1-14(15-6-8-16(9-7-15)28-11-10-25-13-28)26-19(30)12-29-18-5-3-2-4-17(18)27-20(29)21(22,23)24/h2-11,13-14H,12H2,1H3,(H,26,30). The highest BCUT2D eigenvalue weighted by Gasteiger charge is 2.38. The minimum atomic E-state index is -4.66. The third-order valence-electron chi connectivity index (χ3n) is 4.78. The quantitative estimate of drug-likeness (QED) is 0.535. The van der Waals surface area contributed by atoms with E-state index in [1.165, 1.54) is 12.1 Å². The maximum atomic E-state index is 13.4. The molecule has 154 valence electrons. The highest BCUT2D eigenvalue weighted by Crippen LogP contribution is 2.31. The fraction of sp³-hybridized carbons (Fsp3) is 0.190. The van der Waals surface area contributed by atoms with Crippen LogP contribution in [0.2, 0.25) is 0 Å². The van der Waals surface area contributed by atoms with Crippen LogP contribution in [-0.4, -0.2) is 25.0 Å². The van der Waals surface area contributed by atoms with Gasteiger partial charge in [0.1, 0.15) is 6.54 Å². The van der Waals surface area contributed by atoms with Crippen LogP contribution < -0.4 is 5.32 Å². The first-order valence-electron chi connectivity index (χ1n) is 9.23. The molecule has 2 heterocycles. The van der Waals surface area contributed by atoms with Crippen LogP contribution in [0.25, 0.3) is 16.7 Å². The van der Waals surface area contributed by atoms with Crippen LogP contribution in [0.5, 0.6) is 0 Å². The number of nitrogens with one attached hydrogen (secondary N) is 1. The molecule has 0 aliphatic rings. The van der Waals surface area contributed by atoms with Gasteiger partial charge in [0, 0.05) is 18.1 Å². The molecule has 2 aromatic heterocycles. The average molecular weight is 413 g/mol. The summed E-state index contributed by atoms with van der Waals surface area (Å²) in [5.41, 5.74) is 2.20. The van der Waals surface area contributed by atoms with E-state index in [0.29, 0.717) is 0 Å². The summed E-state index contributed by atoms with van der Waals surface area (Å²) in [6.07, 6.45) is 0.502. The Kier molecular flexibility index (Phi) is 5.03. The van der Waals surface area contributed by atoms with Crippen LogP contribution in [0, 0.1) is 0 Å². The number of carbonyl (C=O) groups is 1. The Balaban J connectivity index is 1.51. The van der Waals surface area contributed by atoms with Gasteiger partial charge in [-0.15, -0.1) is 0 Å². The van der Waals surface area contributed by atoms with Crippen LogP contribution in [-0.2, 0) is 17.5 Å². The Bertz CT molecular complexity index is 1160. The molecule has 0 aliphatic carbocycles. The third kappa shape index (κ3) is 3.91. The second kappa shape index (κ2) is 7.66. The van der Waals surface area contributed by atoms with Gasteiger partial charge in [-0.25, -0.2) is 9.97 Å². The van der Waals surface area contributed by atoms with E-state index in [-0.39, 0.29) is 17.1 Å². The summed E-state index contributed by atoms with van der Waals surface area (Å²) in [5.74, 6) is -1.62. The number of rotatable bonds is 5. The maximum Gasteiger partial charge on any atom is 0.449 e. The van der Waals surface area contributed by atoms with Gasteiger partial charge in [-0.3, -0.25) is 4.79 Å². The van der Waals surface area contributed by atoms with Crippen molar-refractivity contribution in [3.05, 3.63) is 78.6 Å². The second-order valence-corrected chi connectivity index (χ2v) is 6.86. The molecule has 0 bridgehead atoms. The van der Waals surface area contributed by atoms with Crippen molar-refractivity contribution < 1.29 is 18.0 Å². The molecule has 0 radical (unpaired) electrons. The summed E-state index contributed by atoms with van der Waals surface area (Å²) >= 11 is 0. The van der Waals surface area contributed by atoms with Crippen molar-refractivity contribution in [1.82, 2.24) is 24.4 Å². The van der Waals surface area contributed by atoms with Crippen molar-refractivity contribution in [2.24, 2.45) is 0 Å². The van der Waals surface area contributed by atoms with Crippen LogP contribution in [0.3, 0.4) is 0 Å². The Morgan fingerprint density at radius 1 is 1.13 bits per heavy atom. The number of aromatic nitrogens is 4. The summed E-state index contributed by atoms with van der Waals surface area (Å²) in [7, 11) is 0. The van der Waals surface area contributed by atoms with Gasteiger partial charge >= 0.3 is 6.18 Å². The van der Waals surface area contributed by atoms with E-state index in [9.17, 15) is 18.0 Å². The van der Waals surface area contributed by atoms with Gasteiger partial charge in [-0.2, -0.15) is 13.2 Å². The molecule has 1 unspecified atom stereocenters. The lowest BCUT2D eigenvalue weighted by Crippen LogP contribution is -2.31. The fourth-order valence-electron chi connectivity index (χ4n) is 3.31. The molecule has 0 saturated carbocycles. The van der Waals surface area contributed by atoms with Gasteiger partial charge in [0.2, 0.25) is 11.7 Å². The SMILES string of the molecule is CC(NC(=O)Cn1c(C(F)(F)F)nc2ccccc21)c1ccc(-n2ccnc2)cc1. The Morgan fingerprint density at radius 2 is 1.87 bits per heavy atom. The van der Waals surface area contributed by atoms with Crippen molar-refractivity contribution in [3.63, 3.8) is 0 Å². The number of fused-ring (bicyclic) bond motifs is 1. The van der Waals surface area contributed by atoms with E-state index in [0.717, 1.165) is 15.8 Å². The van der Waals surface area contributed by atoms with Gasteiger partial charge in [-0.05, 0) is 36.8 Å². The van der Waals surface area contributed by atoms with E-state index in [4.69, 9.17) is 0 Å². The number of halogens is 3. The zero-order valence-electron chi connectivity index (χ0n) is 16.0. The monoisotopic (exact) mass is 413 g/mol. The van der Waals surface area contributed by atoms with Crippen LogP contribution in [0.1, 0.15) is 24.4 Å². The molecule has 4 rings (SSSR count). The molecule has 4 aromatic rings. The number of nitrogens with zero attached hydrogens (tertiary/aromatic N) is 4. The molecule has 2 aromatic carbocycles. The maximum absolute atomic E-state index is 13.4. The first-order valence-corrected chi connectivity index (χ1v) is 9.23. The van der Waals surface area contributed by atoms with Crippen LogP contribution in [0.4, 0.5) is 13.2 Å². The van der Waals surface area contributed by atoms with E-state index in [1.807, 2.05) is 35.0 Å². The summed E-state index contributed by atoms with van der Waals surface area (Å²) in [5, 5.41) is 2.76. The minimum absolute atomic E-state index is 0.195. The molecule has 0 aliphatic heterocycles. The van der Waals surface area contributed by atoms with Gasteiger partial charge < -0.3 is 14.5 Å². The fourth-order valence-corrected chi connectivity index (χ4v) is 3.31. The molecular weight excluding hydrogens is 395 g/mol. The highest BCUT2D eigenvalue weighted by atomic mass is 19.4. The van der Waals surface area contributed by atoms with E-state index in [2.05, 4.69) is 15.3 Å². The highest BCUT2D eigenvalue weighted by molar-refractivity contribution is 5.81. The topological polar surface area (TPSA) is 64.7 Å². The smallest absolute Gasteiger partial charge is 0.348 e. The molecular formula is C21H18F3N5O. The lowest BCUT2D eigenvalue weighted by atomic mass is 10.1. The molecule has 0 fully saturated rings. The number of para-hydroxylation sites is 2. The molecule has 1 amide bonds. The number of amides is 1. The van der Waals surface area contributed by atoms with Crippen molar-refractivity contribution in [2.45, 2.75) is 25.7 Å². The van der Waals surface area contributed by atoms with Crippen molar-refractivity contribution >= 4 is 16.9 Å². The summed E-state index contributed by atoms with van der Waals surface area (Å²) in [6, 6.07) is 13.3. The molecule has 0 spiro atoms. The molecule has 1 N–H and O–H groups in total. The first kappa shape index (κ1) is 19.7. The predicted molar refractivity (Wildman–Crippen MR) is 105 cm³/mol. The van der Waals surface area contributed by atoms with Gasteiger partial charge in [-0.1, -0.05) is 24.3 Å². The van der Waals surface area contributed by atoms with Gasteiger partial charge in [0.25, 0.3) is 0 Å². The minimum Gasteiger partial charge on any atom is -0.348 e. The van der Waals surface area contributed by atoms with Crippen molar-refractivity contribution in [2.75, 3.05) is 0 Å². The number of carbonyl (C=O) groups excluding carboxylic acids is 1.